The molecule has 1 aromatic rings. The van der Waals surface area contributed by atoms with Gasteiger partial charge in [-0.2, -0.15) is 0 Å². The molecule has 1 aliphatic heterocycles. The van der Waals surface area contributed by atoms with Crippen LogP contribution in [0.25, 0.3) is 0 Å². The van der Waals surface area contributed by atoms with Crippen LogP contribution >= 0.6 is 15.9 Å². The van der Waals surface area contributed by atoms with Crippen molar-refractivity contribution in [1.29, 1.82) is 0 Å². The van der Waals surface area contributed by atoms with Gasteiger partial charge in [0, 0.05) is 19.2 Å². The lowest BCUT2D eigenvalue weighted by atomic mass is 9.89. The standard InChI is InChI=1S/C11H14BrFN2O4/c12-9-3-8(19-14-9)7(16)4-15-2-1-11(5-13,6-15)10(17)18/h3,7,16H,1-2,4-6H2,(H,17,18). The van der Waals surface area contributed by atoms with Gasteiger partial charge in [0.2, 0.25) is 0 Å². The molecule has 2 heterocycles. The summed E-state index contributed by atoms with van der Waals surface area (Å²) in [7, 11) is 0. The van der Waals surface area contributed by atoms with Crippen molar-refractivity contribution in [2.24, 2.45) is 5.41 Å². The van der Waals surface area contributed by atoms with E-state index in [4.69, 9.17) is 9.63 Å². The van der Waals surface area contributed by atoms with E-state index < -0.39 is 24.2 Å². The lowest BCUT2D eigenvalue weighted by molar-refractivity contribution is -0.149. The van der Waals surface area contributed by atoms with E-state index in [0.717, 1.165) is 0 Å². The highest BCUT2D eigenvalue weighted by Crippen LogP contribution is 2.32. The average Bonchev–Trinajstić information content (AvgIpc) is 2.96. The van der Waals surface area contributed by atoms with E-state index in [0.29, 0.717) is 16.9 Å². The molecular weight excluding hydrogens is 323 g/mol. The number of β-amino-alcohol motifs (C(OH)–C–C–N with tert-alkyl or cyclic N) is 1. The maximum Gasteiger partial charge on any atom is 0.313 e. The molecule has 0 bridgehead atoms. The number of hydrogen-bond acceptors (Lipinski definition) is 5. The molecule has 0 spiro atoms. The molecule has 0 aromatic carbocycles. The molecule has 0 amide bonds. The van der Waals surface area contributed by atoms with Gasteiger partial charge in [-0.1, -0.05) is 5.16 Å². The first-order chi connectivity index (χ1) is 8.97. The smallest absolute Gasteiger partial charge is 0.313 e. The highest BCUT2D eigenvalue weighted by molar-refractivity contribution is 9.10. The third-order valence-electron chi connectivity index (χ3n) is 3.40. The number of halogens is 2. The molecular formula is C11H14BrFN2O4. The Hall–Kier alpha value is -0.990. The Morgan fingerprint density at radius 2 is 2.47 bits per heavy atom. The average molecular weight is 337 g/mol. The number of likely N-dealkylation sites (tertiary alicyclic amines) is 1. The Bertz CT molecular complexity index is 469. The highest BCUT2D eigenvalue weighted by Gasteiger charge is 2.45. The van der Waals surface area contributed by atoms with Crippen molar-refractivity contribution < 1.29 is 23.9 Å². The molecule has 8 heteroatoms. The number of carboxylic acids is 1. The zero-order valence-corrected chi connectivity index (χ0v) is 11.6. The largest absolute Gasteiger partial charge is 0.481 e. The first-order valence-electron chi connectivity index (χ1n) is 5.79. The van der Waals surface area contributed by atoms with E-state index in [1.807, 2.05) is 0 Å². The van der Waals surface area contributed by atoms with Crippen LogP contribution < -0.4 is 0 Å². The number of aliphatic hydroxyl groups is 1. The summed E-state index contributed by atoms with van der Waals surface area (Å²) < 4.78 is 18.3. The van der Waals surface area contributed by atoms with E-state index in [9.17, 15) is 14.3 Å². The summed E-state index contributed by atoms with van der Waals surface area (Å²) in [6.07, 6.45) is -0.672. The summed E-state index contributed by atoms with van der Waals surface area (Å²) >= 11 is 3.10. The summed E-state index contributed by atoms with van der Waals surface area (Å²) in [6, 6.07) is 1.54. The van der Waals surface area contributed by atoms with Crippen molar-refractivity contribution >= 4 is 21.9 Å². The topological polar surface area (TPSA) is 86.8 Å². The van der Waals surface area contributed by atoms with Gasteiger partial charge in [0.25, 0.3) is 0 Å². The van der Waals surface area contributed by atoms with Crippen molar-refractivity contribution in [1.82, 2.24) is 10.1 Å². The molecule has 1 aliphatic rings. The minimum absolute atomic E-state index is 0.0885. The van der Waals surface area contributed by atoms with Gasteiger partial charge >= 0.3 is 5.97 Å². The second-order valence-electron chi connectivity index (χ2n) is 4.77. The zero-order valence-electron chi connectivity index (χ0n) is 10.1. The summed E-state index contributed by atoms with van der Waals surface area (Å²) in [5.41, 5.74) is -1.35. The van der Waals surface area contributed by atoms with Crippen LogP contribution in [0.4, 0.5) is 4.39 Å². The van der Waals surface area contributed by atoms with Gasteiger partial charge in [0.15, 0.2) is 5.76 Å². The van der Waals surface area contributed by atoms with Crippen LogP contribution in [0.1, 0.15) is 18.3 Å². The number of aliphatic hydroxyl groups excluding tert-OH is 1. The van der Waals surface area contributed by atoms with Crippen LogP contribution in [0.5, 0.6) is 0 Å². The lowest BCUT2D eigenvalue weighted by Crippen LogP contribution is -2.37. The molecule has 0 saturated carbocycles. The Kier molecular flexibility index (Phi) is 4.22. The van der Waals surface area contributed by atoms with E-state index >= 15 is 0 Å². The van der Waals surface area contributed by atoms with Crippen LogP contribution in [0.3, 0.4) is 0 Å². The van der Waals surface area contributed by atoms with Crippen molar-refractivity contribution in [2.75, 3.05) is 26.3 Å². The van der Waals surface area contributed by atoms with Gasteiger partial charge in [-0.15, -0.1) is 0 Å². The number of alkyl halides is 1. The summed E-state index contributed by atoms with van der Waals surface area (Å²) in [6.45, 7) is -0.187. The van der Waals surface area contributed by atoms with Gasteiger partial charge in [-0.25, -0.2) is 4.39 Å². The molecule has 106 valence electrons. The molecule has 19 heavy (non-hydrogen) atoms. The van der Waals surface area contributed by atoms with Gasteiger partial charge in [0.1, 0.15) is 22.8 Å². The molecule has 1 saturated heterocycles. The van der Waals surface area contributed by atoms with Crippen molar-refractivity contribution in [3.05, 3.63) is 16.4 Å². The first kappa shape index (κ1) is 14.4. The molecule has 1 fully saturated rings. The molecule has 0 radical (unpaired) electrons. The fourth-order valence-corrected chi connectivity index (χ4v) is 2.51. The zero-order chi connectivity index (χ0) is 14.0. The second kappa shape index (κ2) is 5.56. The van der Waals surface area contributed by atoms with E-state index in [1.165, 1.54) is 0 Å². The number of nitrogens with zero attached hydrogens (tertiary/aromatic N) is 2. The van der Waals surface area contributed by atoms with Crippen LogP contribution in [0.2, 0.25) is 0 Å². The summed E-state index contributed by atoms with van der Waals surface area (Å²) in [5.74, 6) is -0.839. The summed E-state index contributed by atoms with van der Waals surface area (Å²) in [5, 5.41) is 22.6. The predicted molar refractivity (Wildman–Crippen MR) is 66.3 cm³/mol. The van der Waals surface area contributed by atoms with Gasteiger partial charge in [-0.3, -0.25) is 9.69 Å². The highest BCUT2D eigenvalue weighted by atomic mass is 79.9. The quantitative estimate of drug-likeness (QED) is 0.840. The van der Waals surface area contributed by atoms with Gasteiger partial charge in [0.05, 0.1) is 0 Å². The first-order valence-corrected chi connectivity index (χ1v) is 6.58. The molecule has 2 N–H and O–H groups in total. The van der Waals surface area contributed by atoms with Crippen LogP contribution in [-0.2, 0) is 4.79 Å². The molecule has 6 nitrogen and oxygen atoms in total. The SMILES string of the molecule is O=C(O)C1(CF)CCN(CC(O)c2cc(Br)no2)C1. The van der Waals surface area contributed by atoms with E-state index in [1.54, 1.807) is 11.0 Å². The van der Waals surface area contributed by atoms with E-state index in [2.05, 4.69) is 21.1 Å². The third-order valence-corrected chi connectivity index (χ3v) is 3.78. The number of carboxylic acid groups (broad SMARTS) is 1. The number of hydrogen-bond donors (Lipinski definition) is 2. The Labute approximate surface area is 117 Å². The van der Waals surface area contributed by atoms with Crippen LogP contribution in [0.15, 0.2) is 15.2 Å². The van der Waals surface area contributed by atoms with Crippen molar-refractivity contribution in [2.45, 2.75) is 12.5 Å². The Morgan fingerprint density at radius 3 is 2.95 bits per heavy atom. The number of aromatic nitrogens is 1. The second-order valence-corrected chi connectivity index (χ2v) is 5.58. The van der Waals surface area contributed by atoms with Gasteiger partial charge in [-0.05, 0) is 28.9 Å². The molecule has 0 aliphatic carbocycles. The number of carbonyl (C=O) groups is 1. The van der Waals surface area contributed by atoms with Crippen molar-refractivity contribution in [3.63, 3.8) is 0 Å². The van der Waals surface area contributed by atoms with Gasteiger partial charge < -0.3 is 14.7 Å². The monoisotopic (exact) mass is 336 g/mol. The predicted octanol–water partition coefficient (Wildman–Crippen LogP) is 1.22. The van der Waals surface area contributed by atoms with E-state index in [-0.39, 0.29) is 19.5 Å². The molecule has 2 rings (SSSR count). The minimum Gasteiger partial charge on any atom is -0.481 e. The van der Waals surface area contributed by atoms with Crippen molar-refractivity contribution in [3.8, 4) is 0 Å². The van der Waals surface area contributed by atoms with Crippen LogP contribution in [-0.4, -0.2) is 52.5 Å². The maximum absolute atomic E-state index is 12.9. The maximum atomic E-state index is 12.9. The fourth-order valence-electron chi connectivity index (χ4n) is 2.21. The Morgan fingerprint density at radius 1 is 1.74 bits per heavy atom. The van der Waals surface area contributed by atoms with Crippen LogP contribution in [0, 0.1) is 5.41 Å². The molecule has 2 atom stereocenters. The normalized spacial score (nSPS) is 25.6. The molecule has 2 unspecified atom stereocenters. The molecule has 1 aromatic heterocycles. The number of aliphatic carboxylic acids is 1. The number of rotatable bonds is 5. The fraction of sp³-hybridized carbons (Fsp3) is 0.636. The Balaban J connectivity index is 1.97. The minimum atomic E-state index is -1.35. The summed E-state index contributed by atoms with van der Waals surface area (Å²) in [4.78, 5) is 12.8. The third kappa shape index (κ3) is 2.96. The lowest BCUT2D eigenvalue weighted by Gasteiger charge is -2.22.